The van der Waals surface area contributed by atoms with Crippen molar-refractivity contribution in [3.05, 3.63) is 0 Å². The summed E-state index contributed by atoms with van der Waals surface area (Å²) >= 11 is 0. The Balaban J connectivity index is 2.61. The number of guanidine groups is 1. The Labute approximate surface area is 116 Å². The molecule has 1 rings (SSSR count). The Morgan fingerprint density at radius 3 is 2.79 bits per heavy atom. The average molecular weight is 290 g/mol. The number of piperidine rings is 1. The molecule has 0 aromatic heterocycles. The predicted octanol–water partition coefficient (Wildman–Crippen LogP) is 0.503. The van der Waals surface area contributed by atoms with E-state index < -0.39 is 10.0 Å². The minimum atomic E-state index is -3.15. The number of hydrogen-bond acceptors (Lipinski definition) is 3. The van der Waals surface area contributed by atoms with Crippen molar-refractivity contribution >= 4 is 16.0 Å². The van der Waals surface area contributed by atoms with E-state index in [9.17, 15) is 8.42 Å². The first-order chi connectivity index (χ1) is 8.84. The number of nitrogens with zero attached hydrogens (tertiary/aromatic N) is 2. The number of hydrogen-bond donors (Lipinski definition) is 2. The van der Waals surface area contributed by atoms with Crippen molar-refractivity contribution in [2.24, 2.45) is 10.7 Å². The molecule has 112 valence electrons. The zero-order valence-corrected chi connectivity index (χ0v) is 12.9. The van der Waals surface area contributed by atoms with Gasteiger partial charge in [0.15, 0.2) is 5.96 Å². The first-order valence-electron chi connectivity index (χ1n) is 6.87. The van der Waals surface area contributed by atoms with Crippen LogP contribution in [0.5, 0.6) is 0 Å². The van der Waals surface area contributed by atoms with Gasteiger partial charge in [-0.3, -0.25) is 4.99 Å². The van der Waals surface area contributed by atoms with Crippen LogP contribution in [0, 0.1) is 0 Å². The van der Waals surface area contributed by atoms with Crippen molar-refractivity contribution in [1.82, 2.24) is 9.62 Å². The van der Waals surface area contributed by atoms with Gasteiger partial charge in [-0.05, 0) is 26.2 Å². The fraction of sp³-hybridized carbons (Fsp3) is 0.917. The first kappa shape index (κ1) is 16.2. The molecule has 1 heterocycles. The van der Waals surface area contributed by atoms with E-state index in [2.05, 4.69) is 17.2 Å². The molecule has 0 bridgehead atoms. The van der Waals surface area contributed by atoms with Crippen LogP contribution in [0.15, 0.2) is 4.99 Å². The average Bonchev–Trinajstić information content (AvgIpc) is 2.35. The van der Waals surface area contributed by atoms with Crippen molar-refractivity contribution in [2.45, 2.75) is 51.6 Å². The van der Waals surface area contributed by atoms with Crippen LogP contribution in [-0.4, -0.2) is 50.1 Å². The molecule has 1 fully saturated rings. The summed E-state index contributed by atoms with van der Waals surface area (Å²) in [5.74, 6) is 0.397. The van der Waals surface area contributed by atoms with Gasteiger partial charge in [0.2, 0.25) is 10.0 Å². The van der Waals surface area contributed by atoms with Gasteiger partial charge in [0, 0.05) is 18.6 Å². The normalized spacial score (nSPS) is 24.2. The molecule has 0 aromatic carbocycles. The second-order valence-corrected chi connectivity index (χ2v) is 7.14. The third-order valence-corrected chi connectivity index (χ3v) is 4.81. The molecule has 2 unspecified atom stereocenters. The maximum absolute atomic E-state index is 11.7. The highest BCUT2D eigenvalue weighted by atomic mass is 32.2. The number of sulfonamides is 1. The van der Waals surface area contributed by atoms with Gasteiger partial charge in [0.25, 0.3) is 0 Å². The Hall–Kier alpha value is -0.820. The van der Waals surface area contributed by atoms with Gasteiger partial charge in [0.05, 0.1) is 12.8 Å². The van der Waals surface area contributed by atoms with E-state index in [1.807, 2.05) is 6.92 Å². The topological polar surface area (TPSA) is 87.8 Å². The van der Waals surface area contributed by atoms with Crippen LogP contribution < -0.4 is 11.1 Å². The molecule has 0 spiro atoms. The van der Waals surface area contributed by atoms with Crippen LogP contribution in [-0.2, 0) is 10.0 Å². The van der Waals surface area contributed by atoms with Gasteiger partial charge in [0.1, 0.15) is 0 Å². The zero-order chi connectivity index (χ0) is 14.5. The summed E-state index contributed by atoms with van der Waals surface area (Å²) in [5.41, 5.74) is 5.79. The van der Waals surface area contributed by atoms with Crippen LogP contribution >= 0.6 is 0 Å². The number of nitrogens with one attached hydrogen (secondary N) is 1. The summed E-state index contributed by atoms with van der Waals surface area (Å²) in [6.45, 7) is 5.13. The minimum absolute atomic E-state index is 0.0546. The number of nitrogens with two attached hydrogens (primary N) is 1. The maximum atomic E-state index is 11.7. The SMILES string of the molecule is CCC(C)NC(N)=NCC1CCCCN1S(C)(=O)=O. The lowest BCUT2D eigenvalue weighted by molar-refractivity contribution is 0.259. The molecular weight excluding hydrogens is 264 g/mol. The summed E-state index contributed by atoms with van der Waals surface area (Å²) in [4.78, 5) is 4.28. The molecule has 1 saturated heterocycles. The van der Waals surface area contributed by atoms with Crippen molar-refractivity contribution in [3.63, 3.8) is 0 Å². The number of rotatable bonds is 5. The summed E-state index contributed by atoms with van der Waals surface area (Å²) < 4.78 is 24.9. The largest absolute Gasteiger partial charge is 0.370 e. The number of aliphatic imine (C=N–C) groups is 1. The lowest BCUT2D eigenvalue weighted by atomic mass is 10.1. The molecule has 0 radical (unpaired) electrons. The summed E-state index contributed by atoms with van der Waals surface area (Å²) in [6.07, 6.45) is 5.05. The van der Waals surface area contributed by atoms with E-state index in [0.29, 0.717) is 19.0 Å². The summed E-state index contributed by atoms with van der Waals surface area (Å²) in [6, 6.07) is 0.224. The van der Waals surface area contributed by atoms with E-state index in [-0.39, 0.29) is 12.1 Å². The highest BCUT2D eigenvalue weighted by Gasteiger charge is 2.28. The van der Waals surface area contributed by atoms with Gasteiger partial charge < -0.3 is 11.1 Å². The van der Waals surface area contributed by atoms with Gasteiger partial charge in [-0.15, -0.1) is 0 Å². The third kappa shape index (κ3) is 5.36. The van der Waals surface area contributed by atoms with E-state index in [0.717, 1.165) is 25.7 Å². The zero-order valence-electron chi connectivity index (χ0n) is 12.1. The summed E-state index contributed by atoms with van der Waals surface area (Å²) in [7, 11) is -3.15. The summed E-state index contributed by atoms with van der Waals surface area (Å²) in [5, 5.41) is 3.08. The van der Waals surface area contributed by atoms with Crippen molar-refractivity contribution in [2.75, 3.05) is 19.3 Å². The second-order valence-electron chi connectivity index (χ2n) is 5.20. The molecule has 1 aliphatic rings. The van der Waals surface area contributed by atoms with E-state index in [1.54, 1.807) is 4.31 Å². The van der Waals surface area contributed by atoms with Gasteiger partial charge >= 0.3 is 0 Å². The van der Waals surface area contributed by atoms with Crippen LogP contribution in [0.2, 0.25) is 0 Å². The Kier molecular flexibility index (Phi) is 6.06. The highest BCUT2D eigenvalue weighted by Crippen LogP contribution is 2.19. The van der Waals surface area contributed by atoms with Gasteiger partial charge in [-0.2, -0.15) is 4.31 Å². The molecule has 3 N–H and O–H groups in total. The molecular formula is C12H26N4O2S. The van der Waals surface area contributed by atoms with Crippen molar-refractivity contribution in [3.8, 4) is 0 Å². The minimum Gasteiger partial charge on any atom is -0.370 e. The standard InChI is InChI=1S/C12H26N4O2S/c1-4-10(2)15-12(13)14-9-11-7-5-6-8-16(11)19(3,17)18/h10-11H,4-9H2,1-3H3,(H3,13,14,15). The molecule has 0 amide bonds. The quantitative estimate of drug-likeness (QED) is 0.570. The fourth-order valence-corrected chi connectivity index (χ4v) is 3.37. The molecule has 0 saturated carbocycles. The smallest absolute Gasteiger partial charge is 0.211 e. The Bertz CT molecular complexity index is 408. The van der Waals surface area contributed by atoms with Crippen LogP contribution in [0.3, 0.4) is 0 Å². The van der Waals surface area contributed by atoms with Crippen LogP contribution in [0.4, 0.5) is 0 Å². The Morgan fingerprint density at radius 1 is 1.53 bits per heavy atom. The molecule has 0 aromatic rings. The Morgan fingerprint density at radius 2 is 2.21 bits per heavy atom. The lowest BCUT2D eigenvalue weighted by Gasteiger charge is -2.32. The monoisotopic (exact) mass is 290 g/mol. The fourth-order valence-electron chi connectivity index (χ4n) is 2.20. The predicted molar refractivity (Wildman–Crippen MR) is 78.6 cm³/mol. The third-order valence-electron chi connectivity index (χ3n) is 3.48. The van der Waals surface area contributed by atoms with Gasteiger partial charge in [-0.25, -0.2) is 8.42 Å². The lowest BCUT2D eigenvalue weighted by Crippen LogP contribution is -2.45. The molecule has 0 aliphatic carbocycles. The molecule has 19 heavy (non-hydrogen) atoms. The van der Waals surface area contributed by atoms with Crippen molar-refractivity contribution in [1.29, 1.82) is 0 Å². The second kappa shape index (κ2) is 7.09. The van der Waals surface area contributed by atoms with E-state index in [1.165, 1.54) is 6.26 Å². The maximum Gasteiger partial charge on any atom is 0.211 e. The van der Waals surface area contributed by atoms with Crippen LogP contribution in [0.25, 0.3) is 0 Å². The van der Waals surface area contributed by atoms with E-state index in [4.69, 9.17) is 5.73 Å². The molecule has 6 nitrogen and oxygen atoms in total. The molecule has 2 atom stereocenters. The van der Waals surface area contributed by atoms with Crippen LogP contribution in [0.1, 0.15) is 39.5 Å². The van der Waals surface area contributed by atoms with Crippen molar-refractivity contribution < 1.29 is 8.42 Å². The van der Waals surface area contributed by atoms with E-state index >= 15 is 0 Å². The molecule has 1 aliphatic heterocycles. The first-order valence-corrected chi connectivity index (χ1v) is 8.72. The molecule has 7 heteroatoms. The van der Waals surface area contributed by atoms with Gasteiger partial charge in [-0.1, -0.05) is 13.3 Å². The highest BCUT2D eigenvalue weighted by molar-refractivity contribution is 7.88.